The van der Waals surface area contributed by atoms with Gasteiger partial charge in [0.15, 0.2) is 17.5 Å². The fourth-order valence-electron chi connectivity index (χ4n) is 3.01. The number of hydrogen-bond donors (Lipinski definition) is 1. The van der Waals surface area contributed by atoms with E-state index in [0.29, 0.717) is 23.5 Å². The molecule has 0 spiro atoms. The van der Waals surface area contributed by atoms with Crippen LogP contribution in [0.5, 0.6) is 0 Å². The molecule has 8 heteroatoms. The normalized spacial score (nSPS) is 13.9. The number of nitrogens with one attached hydrogen (secondary N) is 1. The number of anilines is 3. The van der Waals surface area contributed by atoms with Gasteiger partial charge in [0, 0.05) is 36.3 Å². The molecule has 0 saturated carbocycles. The number of hydrogen-bond acceptors (Lipinski definition) is 2. The van der Waals surface area contributed by atoms with Crippen molar-refractivity contribution in [1.82, 2.24) is 0 Å². The summed E-state index contributed by atoms with van der Waals surface area (Å²) >= 11 is 0. The van der Waals surface area contributed by atoms with Gasteiger partial charge in [-0.2, -0.15) is 0 Å². The number of carbonyl (C=O) groups excluding carboxylic acids is 2. The third kappa shape index (κ3) is 3.67. The van der Waals surface area contributed by atoms with Crippen molar-refractivity contribution in [1.29, 1.82) is 0 Å². The molecule has 1 aliphatic heterocycles. The van der Waals surface area contributed by atoms with Crippen molar-refractivity contribution in [3.8, 4) is 0 Å². The van der Waals surface area contributed by atoms with Gasteiger partial charge >= 0.3 is 6.03 Å². The molecule has 0 radical (unpaired) electrons. The monoisotopic (exact) mass is 391 g/mol. The first kappa shape index (κ1) is 19.7. The first-order valence-corrected chi connectivity index (χ1v) is 8.73. The Labute approximate surface area is 160 Å². The molecule has 1 heterocycles. The molecule has 0 saturated heterocycles. The molecule has 0 fully saturated rings. The predicted octanol–water partition coefficient (Wildman–Crippen LogP) is 4.54. The molecule has 0 atom stereocenters. The van der Waals surface area contributed by atoms with Gasteiger partial charge in [-0.3, -0.25) is 9.69 Å². The van der Waals surface area contributed by atoms with Gasteiger partial charge in [0.05, 0.1) is 11.4 Å². The van der Waals surface area contributed by atoms with Crippen LogP contribution in [0.4, 0.5) is 35.0 Å². The Morgan fingerprint density at radius 2 is 1.43 bits per heavy atom. The minimum atomic E-state index is -1.60. The van der Waals surface area contributed by atoms with Crippen molar-refractivity contribution >= 4 is 29.0 Å². The zero-order chi connectivity index (χ0) is 20.6. The molecule has 0 bridgehead atoms. The first-order chi connectivity index (χ1) is 13.1. The van der Waals surface area contributed by atoms with Crippen LogP contribution >= 0.6 is 0 Å². The number of rotatable bonds is 1. The highest BCUT2D eigenvalue weighted by Gasteiger charge is 2.34. The molecule has 28 heavy (non-hydrogen) atoms. The molecule has 0 unspecified atom stereocenters. The van der Waals surface area contributed by atoms with E-state index in [2.05, 4.69) is 5.32 Å². The summed E-state index contributed by atoms with van der Waals surface area (Å²) in [6.07, 6.45) is 0. The molecule has 3 amide bonds. The molecule has 1 aliphatic rings. The molecule has 2 aromatic carbocycles. The van der Waals surface area contributed by atoms with E-state index in [9.17, 15) is 22.8 Å². The highest BCUT2D eigenvalue weighted by atomic mass is 19.2. The van der Waals surface area contributed by atoms with E-state index in [1.807, 2.05) is 20.8 Å². The second-order valence-electron chi connectivity index (χ2n) is 7.53. The number of para-hydroxylation sites is 2. The van der Waals surface area contributed by atoms with E-state index in [1.165, 1.54) is 4.90 Å². The molecular formula is C20H20F3N3O2. The number of nitrogens with zero attached hydrogens (tertiary/aromatic N) is 2. The minimum Gasteiger partial charge on any atom is -0.308 e. The van der Waals surface area contributed by atoms with E-state index in [-0.39, 0.29) is 24.7 Å². The molecule has 2 aromatic rings. The number of urea groups is 1. The van der Waals surface area contributed by atoms with Gasteiger partial charge in [-0.15, -0.1) is 0 Å². The van der Waals surface area contributed by atoms with Gasteiger partial charge in [-0.25, -0.2) is 18.0 Å². The molecule has 148 valence electrons. The summed E-state index contributed by atoms with van der Waals surface area (Å²) in [6, 6.07) is 7.68. The Hall–Kier alpha value is -3.03. The summed E-state index contributed by atoms with van der Waals surface area (Å²) in [4.78, 5) is 28.4. The van der Waals surface area contributed by atoms with Crippen LogP contribution in [0.3, 0.4) is 0 Å². The number of fused-ring (bicyclic) bond motifs is 1. The zero-order valence-electron chi connectivity index (χ0n) is 15.7. The van der Waals surface area contributed by atoms with Crippen molar-refractivity contribution in [3.05, 3.63) is 53.8 Å². The van der Waals surface area contributed by atoms with Crippen molar-refractivity contribution in [2.45, 2.75) is 20.8 Å². The van der Waals surface area contributed by atoms with Gasteiger partial charge in [-0.1, -0.05) is 32.9 Å². The summed E-state index contributed by atoms with van der Waals surface area (Å²) in [5, 5.41) is 2.37. The zero-order valence-corrected chi connectivity index (χ0v) is 15.7. The lowest BCUT2D eigenvalue weighted by molar-refractivity contribution is -0.125. The quantitative estimate of drug-likeness (QED) is 0.726. The molecule has 0 aliphatic carbocycles. The van der Waals surface area contributed by atoms with E-state index in [1.54, 1.807) is 29.2 Å². The highest BCUT2D eigenvalue weighted by Crippen LogP contribution is 2.35. The number of halogens is 3. The minimum absolute atomic E-state index is 0.0808. The van der Waals surface area contributed by atoms with Crippen LogP contribution in [0.15, 0.2) is 36.4 Å². The average Bonchev–Trinajstić information content (AvgIpc) is 2.63. The molecule has 5 nitrogen and oxygen atoms in total. The average molecular weight is 391 g/mol. The van der Waals surface area contributed by atoms with Crippen LogP contribution in [0.25, 0.3) is 0 Å². The largest absolute Gasteiger partial charge is 0.326 e. The van der Waals surface area contributed by atoms with E-state index < -0.39 is 28.9 Å². The maximum atomic E-state index is 13.4. The smallest absolute Gasteiger partial charge is 0.308 e. The standard InChI is InChI=1S/C20H20F3N3O2/c1-20(2,3)18(27)25-8-9-26(16-7-5-4-6-15(16)25)19(28)24-12-10-13(21)17(23)14(22)11-12/h4-7,10-11H,8-9H2,1-3H3,(H,24,28). The lowest BCUT2D eigenvalue weighted by atomic mass is 9.94. The lowest BCUT2D eigenvalue weighted by Gasteiger charge is -2.38. The lowest BCUT2D eigenvalue weighted by Crippen LogP contribution is -2.50. The van der Waals surface area contributed by atoms with Crippen LogP contribution in [0.2, 0.25) is 0 Å². The van der Waals surface area contributed by atoms with Gasteiger partial charge in [0.25, 0.3) is 0 Å². The maximum absolute atomic E-state index is 13.4. The van der Waals surface area contributed by atoms with Gasteiger partial charge in [-0.05, 0) is 12.1 Å². The van der Waals surface area contributed by atoms with Gasteiger partial charge < -0.3 is 10.2 Å². The van der Waals surface area contributed by atoms with Crippen molar-refractivity contribution < 1.29 is 22.8 Å². The van der Waals surface area contributed by atoms with Crippen molar-refractivity contribution in [3.63, 3.8) is 0 Å². The van der Waals surface area contributed by atoms with Crippen LogP contribution in [-0.2, 0) is 4.79 Å². The highest BCUT2D eigenvalue weighted by molar-refractivity contribution is 6.08. The molecule has 1 N–H and O–H groups in total. The topological polar surface area (TPSA) is 52.7 Å². The molecule has 0 aromatic heterocycles. The van der Waals surface area contributed by atoms with Gasteiger partial charge in [0.1, 0.15) is 0 Å². The Kier molecular flexibility index (Phi) is 5.06. The SMILES string of the molecule is CC(C)(C)C(=O)N1CCN(C(=O)Nc2cc(F)c(F)c(F)c2)c2ccccc21. The Morgan fingerprint density at radius 1 is 0.929 bits per heavy atom. The fraction of sp³-hybridized carbons (Fsp3) is 0.300. The summed E-state index contributed by atoms with van der Waals surface area (Å²) in [5.41, 5.74) is 0.264. The second-order valence-corrected chi connectivity index (χ2v) is 7.53. The molecular weight excluding hydrogens is 371 g/mol. The molecule has 3 rings (SSSR count). The van der Waals surface area contributed by atoms with Crippen LogP contribution in [0, 0.1) is 22.9 Å². The van der Waals surface area contributed by atoms with Crippen molar-refractivity contribution in [2.24, 2.45) is 5.41 Å². The first-order valence-electron chi connectivity index (χ1n) is 8.73. The Morgan fingerprint density at radius 3 is 1.96 bits per heavy atom. The van der Waals surface area contributed by atoms with Crippen LogP contribution < -0.4 is 15.1 Å². The summed E-state index contributed by atoms with van der Waals surface area (Å²) < 4.78 is 39.9. The van der Waals surface area contributed by atoms with E-state index in [0.717, 1.165) is 0 Å². The third-order valence-electron chi connectivity index (χ3n) is 4.38. The van der Waals surface area contributed by atoms with Crippen molar-refractivity contribution in [2.75, 3.05) is 28.2 Å². The van der Waals surface area contributed by atoms with E-state index >= 15 is 0 Å². The second kappa shape index (κ2) is 7.18. The maximum Gasteiger partial charge on any atom is 0.326 e. The van der Waals surface area contributed by atoms with Crippen LogP contribution in [0.1, 0.15) is 20.8 Å². The summed E-state index contributed by atoms with van der Waals surface area (Å²) in [6.45, 7) is 5.90. The Bertz CT molecular complexity index is 918. The summed E-state index contributed by atoms with van der Waals surface area (Å²) in [5.74, 6) is -4.46. The van der Waals surface area contributed by atoms with Gasteiger partial charge in [0.2, 0.25) is 5.91 Å². The third-order valence-corrected chi connectivity index (χ3v) is 4.38. The number of amides is 3. The Balaban J connectivity index is 1.89. The van der Waals surface area contributed by atoms with Crippen LogP contribution in [-0.4, -0.2) is 25.0 Å². The van der Waals surface area contributed by atoms with E-state index in [4.69, 9.17) is 0 Å². The summed E-state index contributed by atoms with van der Waals surface area (Å²) in [7, 11) is 0. The number of carbonyl (C=O) groups is 2. The predicted molar refractivity (Wildman–Crippen MR) is 101 cm³/mol. The number of benzene rings is 2. The fourth-order valence-corrected chi connectivity index (χ4v) is 3.01.